The van der Waals surface area contributed by atoms with Gasteiger partial charge in [-0.2, -0.15) is 5.10 Å². The maximum atomic E-state index is 11.1. The molecule has 0 saturated carbocycles. The van der Waals surface area contributed by atoms with Crippen molar-refractivity contribution in [3.63, 3.8) is 0 Å². The fourth-order valence-corrected chi connectivity index (χ4v) is 1.88. The molecule has 94 valence electrons. The normalized spacial score (nSPS) is 11.4. The molecule has 0 fully saturated rings. The Morgan fingerprint density at radius 1 is 1.33 bits per heavy atom. The molecular weight excluding hydrogens is 258 g/mol. The van der Waals surface area contributed by atoms with Crippen LogP contribution < -0.4 is 5.14 Å². The van der Waals surface area contributed by atoms with Crippen LogP contribution in [0, 0.1) is 0 Å². The lowest BCUT2D eigenvalue weighted by Crippen LogP contribution is -2.11. The Labute approximate surface area is 103 Å². The van der Waals surface area contributed by atoms with E-state index in [1.807, 2.05) is 0 Å². The number of aromatic nitrogens is 2. The number of sulfonamides is 1. The van der Waals surface area contributed by atoms with E-state index in [-0.39, 0.29) is 16.1 Å². The highest BCUT2D eigenvalue weighted by atomic mass is 32.2. The molecule has 0 aliphatic rings. The third kappa shape index (κ3) is 2.24. The van der Waals surface area contributed by atoms with Crippen molar-refractivity contribution in [2.75, 3.05) is 0 Å². The fraction of sp³-hybridized carbons (Fsp3) is 0. The Bertz CT molecular complexity index is 705. The molecule has 18 heavy (non-hydrogen) atoms. The van der Waals surface area contributed by atoms with E-state index in [1.54, 1.807) is 12.1 Å². The molecule has 0 unspecified atom stereocenters. The minimum absolute atomic E-state index is 0.0153. The van der Waals surface area contributed by atoms with Gasteiger partial charge in [0, 0.05) is 0 Å². The molecule has 0 amide bonds. The molecule has 0 spiro atoms. The average molecular weight is 267 g/mol. The first-order chi connectivity index (χ1) is 8.39. The summed E-state index contributed by atoms with van der Waals surface area (Å²) in [5.41, 5.74) is 0.279. The van der Waals surface area contributed by atoms with Crippen LogP contribution in [-0.2, 0) is 10.0 Å². The van der Waals surface area contributed by atoms with Gasteiger partial charge in [0.2, 0.25) is 10.0 Å². The highest BCUT2D eigenvalue weighted by Crippen LogP contribution is 2.15. The summed E-state index contributed by atoms with van der Waals surface area (Å²) < 4.78 is 23.4. The van der Waals surface area contributed by atoms with Crippen molar-refractivity contribution >= 4 is 16.0 Å². The van der Waals surface area contributed by atoms with E-state index in [4.69, 9.17) is 10.2 Å². The second-order valence-corrected chi connectivity index (χ2v) is 5.05. The molecule has 0 atom stereocenters. The SMILES string of the molecule is NS(=O)(=O)c1cnn(-c2ccccc2C(=O)O)c1. The first kappa shape index (κ1) is 12.3. The Hall–Kier alpha value is -2.19. The summed E-state index contributed by atoms with van der Waals surface area (Å²) in [5.74, 6) is -1.13. The largest absolute Gasteiger partial charge is 0.478 e. The number of rotatable bonds is 3. The van der Waals surface area contributed by atoms with E-state index in [2.05, 4.69) is 5.10 Å². The van der Waals surface area contributed by atoms with E-state index in [9.17, 15) is 13.2 Å². The molecule has 0 saturated heterocycles. The molecule has 2 aromatic rings. The van der Waals surface area contributed by atoms with Crippen LogP contribution in [0.3, 0.4) is 0 Å². The van der Waals surface area contributed by atoms with Crippen molar-refractivity contribution in [2.45, 2.75) is 4.90 Å². The van der Waals surface area contributed by atoms with Crippen molar-refractivity contribution in [3.8, 4) is 5.69 Å². The molecule has 0 aliphatic carbocycles. The van der Waals surface area contributed by atoms with Gasteiger partial charge >= 0.3 is 5.97 Å². The standard InChI is InChI=1S/C10H9N3O4S/c11-18(16,17)7-5-12-13(6-7)9-4-2-1-3-8(9)10(14)15/h1-6H,(H,14,15)(H2,11,16,17). The molecule has 0 aliphatic heterocycles. The summed E-state index contributed by atoms with van der Waals surface area (Å²) in [6, 6.07) is 6.11. The number of primary sulfonamides is 1. The topological polar surface area (TPSA) is 115 Å². The summed E-state index contributed by atoms with van der Waals surface area (Å²) >= 11 is 0. The second kappa shape index (κ2) is 4.24. The van der Waals surface area contributed by atoms with E-state index >= 15 is 0 Å². The number of benzene rings is 1. The fourth-order valence-electron chi connectivity index (χ4n) is 1.44. The van der Waals surface area contributed by atoms with Crippen LogP contribution in [0.2, 0.25) is 0 Å². The summed E-state index contributed by atoms with van der Waals surface area (Å²) in [4.78, 5) is 10.8. The number of nitrogens with two attached hydrogens (primary N) is 1. The van der Waals surface area contributed by atoms with Gasteiger partial charge in [0.15, 0.2) is 0 Å². The summed E-state index contributed by atoms with van der Waals surface area (Å²) in [7, 11) is -3.85. The van der Waals surface area contributed by atoms with Crippen LogP contribution in [0.25, 0.3) is 5.69 Å². The smallest absolute Gasteiger partial charge is 0.337 e. The van der Waals surface area contributed by atoms with Gasteiger partial charge in [0.25, 0.3) is 0 Å². The van der Waals surface area contributed by atoms with Crippen LogP contribution in [0.15, 0.2) is 41.6 Å². The Balaban J connectivity index is 2.57. The third-order valence-corrected chi connectivity index (χ3v) is 3.14. The van der Waals surface area contributed by atoms with Gasteiger partial charge < -0.3 is 5.11 Å². The van der Waals surface area contributed by atoms with Gasteiger partial charge in [-0.15, -0.1) is 0 Å². The Morgan fingerprint density at radius 3 is 2.56 bits per heavy atom. The molecule has 1 aromatic carbocycles. The van der Waals surface area contributed by atoms with Crippen LogP contribution in [0.5, 0.6) is 0 Å². The summed E-state index contributed by atoms with van der Waals surface area (Å²) in [5, 5.41) is 17.7. The lowest BCUT2D eigenvalue weighted by molar-refractivity contribution is 0.0696. The predicted molar refractivity (Wildman–Crippen MR) is 61.9 cm³/mol. The van der Waals surface area contributed by atoms with E-state index in [1.165, 1.54) is 12.1 Å². The minimum atomic E-state index is -3.85. The number of hydrogen-bond acceptors (Lipinski definition) is 4. The Morgan fingerprint density at radius 2 is 2.00 bits per heavy atom. The van der Waals surface area contributed by atoms with Crippen molar-refractivity contribution in [3.05, 3.63) is 42.2 Å². The number of carboxylic acid groups (broad SMARTS) is 1. The third-order valence-electron chi connectivity index (χ3n) is 2.27. The molecule has 8 heteroatoms. The van der Waals surface area contributed by atoms with E-state index in [0.717, 1.165) is 17.1 Å². The Kier molecular flexibility index (Phi) is 2.89. The number of aromatic carboxylic acids is 1. The van der Waals surface area contributed by atoms with Gasteiger partial charge in [0.1, 0.15) is 4.90 Å². The molecule has 0 radical (unpaired) electrons. The van der Waals surface area contributed by atoms with Gasteiger partial charge in [-0.05, 0) is 12.1 Å². The zero-order valence-corrected chi connectivity index (χ0v) is 9.83. The average Bonchev–Trinajstić information content (AvgIpc) is 2.77. The molecule has 7 nitrogen and oxygen atoms in total. The maximum absolute atomic E-state index is 11.1. The highest BCUT2D eigenvalue weighted by molar-refractivity contribution is 7.89. The lowest BCUT2D eigenvalue weighted by Gasteiger charge is -2.04. The van der Waals surface area contributed by atoms with Crippen LogP contribution in [0.4, 0.5) is 0 Å². The van der Waals surface area contributed by atoms with E-state index < -0.39 is 16.0 Å². The molecule has 1 aromatic heterocycles. The van der Waals surface area contributed by atoms with Gasteiger partial charge in [-0.25, -0.2) is 23.0 Å². The summed E-state index contributed by atoms with van der Waals surface area (Å²) in [6.07, 6.45) is 2.23. The monoisotopic (exact) mass is 267 g/mol. The molecule has 1 heterocycles. The highest BCUT2D eigenvalue weighted by Gasteiger charge is 2.15. The molecule has 3 N–H and O–H groups in total. The van der Waals surface area contributed by atoms with Crippen LogP contribution in [0.1, 0.15) is 10.4 Å². The first-order valence-corrected chi connectivity index (χ1v) is 6.34. The quantitative estimate of drug-likeness (QED) is 0.825. The zero-order chi connectivity index (χ0) is 13.3. The summed E-state index contributed by atoms with van der Waals surface area (Å²) in [6.45, 7) is 0. The minimum Gasteiger partial charge on any atom is -0.478 e. The van der Waals surface area contributed by atoms with E-state index in [0.29, 0.717) is 0 Å². The lowest BCUT2D eigenvalue weighted by atomic mass is 10.2. The van der Waals surface area contributed by atoms with Gasteiger partial charge in [-0.1, -0.05) is 12.1 Å². The van der Waals surface area contributed by atoms with Gasteiger partial charge in [-0.3, -0.25) is 0 Å². The van der Waals surface area contributed by atoms with Gasteiger partial charge in [0.05, 0.1) is 23.6 Å². The zero-order valence-electron chi connectivity index (χ0n) is 9.02. The van der Waals surface area contributed by atoms with Crippen molar-refractivity contribution in [1.82, 2.24) is 9.78 Å². The van der Waals surface area contributed by atoms with Crippen molar-refractivity contribution in [1.29, 1.82) is 0 Å². The first-order valence-electron chi connectivity index (χ1n) is 4.80. The molecule has 0 bridgehead atoms. The van der Waals surface area contributed by atoms with Crippen LogP contribution >= 0.6 is 0 Å². The maximum Gasteiger partial charge on any atom is 0.337 e. The number of para-hydroxylation sites is 1. The number of nitrogens with zero attached hydrogens (tertiary/aromatic N) is 2. The number of carboxylic acids is 1. The van der Waals surface area contributed by atoms with Crippen LogP contribution in [-0.4, -0.2) is 29.3 Å². The van der Waals surface area contributed by atoms with Crippen molar-refractivity contribution in [2.24, 2.45) is 5.14 Å². The van der Waals surface area contributed by atoms with Crippen molar-refractivity contribution < 1.29 is 18.3 Å². The number of carbonyl (C=O) groups is 1. The molecule has 2 rings (SSSR count). The second-order valence-electron chi connectivity index (χ2n) is 3.49. The predicted octanol–water partition coefficient (Wildman–Crippen LogP) is 0.218. The number of hydrogen-bond donors (Lipinski definition) is 2. The molecular formula is C10H9N3O4S.